The number of nitrogens with one attached hydrogen (secondary N) is 1. The number of aliphatic hydroxyl groups is 2. The summed E-state index contributed by atoms with van der Waals surface area (Å²) in [6, 6.07) is 6.07. The van der Waals surface area contributed by atoms with Crippen LogP contribution in [0, 0.1) is 5.82 Å². The van der Waals surface area contributed by atoms with E-state index in [1.54, 1.807) is 12.1 Å². The Morgan fingerprint density at radius 1 is 1.20 bits per heavy atom. The van der Waals surface area contributed by atoms with E-state index in [2.05, 4.69) is 5.32 Å². The van der Waals surface area contributed by atoms with Crippen LogP contribution >= 0.6 is 0 Å². The van der Waals surface area contributed by atoms with Gasteiger partial charge in [-0.2, -0.15) is 0 Å². The second kappa shape index (κ2) is 6.50. The Morgan fingerprint density at radius 2 is 1.87 bits per heavy atom. The first-order valence-electron chi connectivity index (χ1n) is 4.96. The Hall–Kier alpha value is -0.970. The maximum absolute atomic E-state index is 12.6. The third-order valence-corrected chi connectivity index (χ3v) is 2.21. The lowest BCUT2D eigenvalue weighted by Gasteiger charge is -2.14. The van der Waals surface area contributed by atoms with E-state index in [1.807, 2.05) is 0 Å². The van der Waals surface area contributed by atoms with Gasteiger partial charge < -0.3 is 15.5 Å². The van der Waals surface area contributed by atoms with Gasteiger partial charge in [-0.3, -0.25) is 0 Å². The first kappa shape index (κ1) is 12.1. The number of aliphatic hydroxyl groups excluding tert-OH is 2. The molecule has 0 aliphatic carbocycles. The third kappa shape index (κ3) is 4.38. The monoisotopic (exact) mass is 213 g/mol. The molecule has 0 spiro atoms. The van der Waals surface area contributed by atoms with Crippen LogP contribution in [0.4, 0.5) is 4.39 Å². The van der Waals surface area contributed by atoms with Crippen molar-refractivity contribution in [3.8, 4) is 0 Å². The first-order valence-corrected chi connectivity index (χ1v) is 4.96. The van der Waals surface area contributed by atoms with Gasteiger partial charge >= 0.3 is 0 Å². The highest BCUT2D eigenvalue weighted by Crippen LogP contribution is 2.03. The largest absolute Gasteiger partial charge is 0.396 e. The van der Waals surface area contributed by atoms with Gasteiger partial charge in [-0.15, -0.1) is 0 Å². The molecule has 4 heteroatoms. The zero-order valence-corrected chi connectivity index (χ0v) is 8.49. The van der Waals surface area contributed by atoms with Crippen LogP contribution in [-0.4, -0.2) is 29.5 Å². The van der Waals surface area contributed by atoms with E-state index in [-0.39, 0.29) is 25.1 Å². The highest BCUT2D eigenvalue weighted by atomic mass is 19.1. The van der Waals surface area contributed by atoms with Crippen LogP contribution in [0.25, 0.3) is 0 Å². The summed E-state index contributed by atoms with van der Waals surface area (Å²) in [5.74, 6) is -0.257. The van der Waals surface area contributed by atoms with E-state index in [0.717, 1.165) is 5.56 Å². The van der Waals surface area contributed by atoms with Gasteiger partial charge in [-0.05, 0) is 24.1 Å². The van der Waals surface area contributed by atoms with Crippen molar-refractivity contribution in [3.63, 3.8) is 0 Å². The zero-order chi connectivity index (χ0) is 11.1. The first-order chi connectivity index (χ1) is 7.26. The number of benzene rings is 1. The van der Waals surface area contributed by atoms with Crippen molar-refractivity contribution < 1.29 is 14.6 Å². The fourth-order valence-electron chi connectivity index (χ4n) is 1.28. The summed E-state index contributed by atoms with van der Waals surface area (Å²) in [7, 11) is 0. The quantitative estimate of drug-likeness (QED) is 0.650. The Balaban J connectivity index is 2.38. The molecule has 0 heterocycles. The van der Waals surface area contributed by atoms with Crippen molar-refractivity contribution >= 4 is 0 Å². The molecule has 0 aliphatic heterocycles. The standard InChI is InChI=1S/C11H16FNO2/c12-10-3-1-9(2-4-10)7-13-11(8-15)5-6-14/h1-4,11,13-15H,5-8H2. The van der Waals surface area contributed by atoms with E-state index in [0.29, 0.717) is 13.0 Å². The Bertz CT molecular complexity index is 276. The van der Waals surface area contributed by atoms with E-state index in [4.69, 9.17) is 10.2 Å². The van der Waals surface area contributed by atoms with Gasteiger partial charge in [0.25, 0.3) is 0 Å². The van der Waals surface area contributed by atoms with E-state index >= 15 is 0 Å². The molecule has 0 amide bonds. The number of hydrogen-bond acceptors (Lipinski definition) is 3. The minimum atomic E-state index is -0.257. The predicted molar refractivity (Wildman–Crippen MR) is 55.8 cm³/mol. The molecule has 0 fully saturated rings. The smallest absolute Gasteiger partial charge is 0.123 e. The van der Waals surface area contributed by atoms with E-state index < -0.39 is 0 Å². The van der Waals surface area contributed by atoms with Crippen molar-refractivity contribution in [2.24, 2.45) is 0 Å². The molecule has 1 aromatic rings. The molecule has 3 N–H and O–H groups in total. The van der Waals surface area contributed by atoms with Crippen LogP contribution in [0.2, 0.25) is 0 Å². The molecule has 1 rings (SSSR count). The van der Waals surface area contributed by atoms with Crippen LogP contribution in [0.1, 0.15) is 12.0 Å². The molecule has 0 saturated heterocycles. The normalized spacial score (nSPS) is 12.7. The number of hydrogen-bond donors (Lipinski definition) is 3. The Labute approximate surface area is 88.6 Å². The molecule has 3 nitrogen and oxygen atoms in total. The molecule has 1 aromatic carbocycles. The SMILES string of the molecule is OCCC(CO)NCc1ccc(F)cc1. The van der Waals surface area contributed by atoms with Crippen molar-refractivity contribution in [2.45, 2.75) is 19.0 Å². The summed E-state index contributed by atoms with van der Waals surface area (Å²) in [6.45, 7) is 0.592. The fraction of sp³-hybridized carbons (Fsp3) is 0.455. The lowest BCUT2D eigenvalue weighted by Crippen LogP contribution is -2.32. The summed E-state index contributed by atoms with van der Waals surface area (Å²) >= 11 is 0. The molecule has 84 valence electrons. The minimum absolute atomic E-state index is 0.0121. The van der Waals surface area contributed by atoms with E-state index in [9.17, 15) is 4.39 Å². The van der Waals surface area contributed by atoms with Crippen molar-refractivity contribution in [2.75, 3.05) is 13.2 Å². The molecule has 15 heavy (non-hydrogen) atoms. The molecular formula is C11H16FNO2. The summed E-state index contributed by atoms with van der Waals surface area (Å²) in [6.07, 6.45) is 0.512. The Morgan fingerprint density at radius 3 is 2.40 bits per heavy atom. The molecule has 1 atom stereocenters. The van der Waals surface area contributed by atoms with Crippen LogP contribution in [-0.2, 0) is 6.54 Å². The van der Waals surface area contributed by atoms with Gasteiger partial charge in [0.05, 0.1) is 6.61 Å². The lowest BCUT2D eigenvalue weighted by molar-refractivity contribution is 0.200. The van der Waals surface area contributed by atoms with Crippen molar-refractivity contribution in [1.29, 1.82) is 0 Å². The third-order valence-electron chi connectivity index (χ3n) is 2.21. The van der Waals surface area contributed by atoms with Gasteiger partial charge in [0.15, 0.2) is 0 Å². The van der Waals surface area contributed by atoms with Gasteiger partial charge in [-0.1, -0.05) is 12.1 Å². The maximum atomic E-state index is 12.6. The second-order valence-electron chi connectivity index (χ2n) is 3.40. The zero-order valence-electron chi connectivity index (χ0n) is 8.49. The van der Waals surface area contributed by atoms with Crippen LogP contribution in [0.5, 0.6) is 0 Å². The molecule has 0 bridgehead atoms. The highest BCUT2D eigenvalue weighted by molar-refractivity contribution is 5.15. The van der Waals surface area contributed by atoms with Crippen molar-refractivity contribution in [1.82, 2.24) is 5.32 Å². The summed E-state index contributed by atoms with van der Waals surface area (Å²) in [4.78, 5) is 0. The fourth-order valence-corrected chi connectivity index (χ4v) is 1.28. The predicted octanol–water partition coefficient (Wildman–Crippen LogP) is 0.659. The number of halogens is 1. The minimum Gasteiger partial charge on any atom is -0.396 e. The van der Waals surface area contributed by atoms with Crippen molar-refractivity contribution in [3.05, 3.63) is 35.6 Å². The molecular weight excluding hydrogens is 197 g/mol. The highest BCUT2D eigenvalue weighted by Gasteiger charge is 2.05. The van der Waals surface area contributed by atoms with Gasteiger partial charge in [0.1, 0.15) is 5.82 Å². The van der Waals surface area contributed by atoms with Crippen LogP contribution < -0.4 is 5.32 Å². The maximum Gasteiger partial charge on any atom is 0.123 e. The van der Waals surface area contributed by atoms with Crippen LogP contribution in [0.15, 0.2) is 24.3 Å². The molecule has 1 unspecified atom stereocenters. The molecule has 0 radical (unpaired) electrons. The lowest BCUT2D eigenvalue weighted by atomic mass is 10.2. The number of rotatable bonds is 6. The Kier molecular flexibility index (Phi) is 5.25. The molecule has 0 aliphatic rings. The topological polar surface area (TPSA) is 52.5 Å². The molecule has 0 saturated carbocycles. The molecule has 0 aromatic heterocycles. The second-order valence-corrected chi connectivity index (χ2v) is 3.40. The van der Waals surface area contributed by atoms with Crippen LogP contribution in [0.3, 0.4) is 0 Å². The average Bonchev–Trinajstić information content (AvgIpc) is 2.26. The summed E-state index contributed by atoms with van der Waals surface area (Å²) < 4.78 is 12.6. The average molecular weight is 213 g/mol. The van der Waals surface area contributed by atoms with Gasteiger partial charge in [0.2, 0.25) is 0 Å². The summed E-state index contributed by atoms with van der Waals surface area (Å²) in [5, 5.41) is 20.7. The van der Waals surface area contributed by atoms with Gasteiger partial charge in [-0.25, -0.2) is 4.39 Å². The van der Waals surface area contributed by atoms with Gasteiger partial charge in [0, 0.05) is 19.2 Å². The van der Waals surface area contributed by atoms with E-state index in [1.165, 1.54) is 12.1 Å². The summed E-state index contributed by atoms with van der Waals surface area (Å²) in [5.41, 5.74) is 0.952.